The second-order valence-electron chi connectivity index (χ2n) is 7.33. The average molecular weight is 377 g/mol. The Morgan fingerprint density at radius 2 is 0.571 bits per heavy atom. The quantitative estimate of drug-likeness (QED) is 0.368. The lowest BCUT2D eigenvalue weighted by molar-refractivity contribution is 1.30. The zero-order valence-corrected chi connectivity index (χ0v) is 19.8. The fraction of sp³-hybridized carbons (Fsp3) is 0.357. The molecule has 0 atom stereocenters. The Morgan fingerprint density at radius 1 is 0.321 bits per heavy atom. The second kappa shape index (κ2) is 13.8. The minimum atomic E-state index is 1.33. The molecule has 0 bridgehead atoms. The maximum Gasteiger partial charge on any atom is -0.0395 e. The molecule has 0 aliphatic rings. The molecule has 28 heavy (non-hydrogen) atoms. The molecular weight excluding hydrogens is 336 g/mol. The van der Waals surface area contributed by atoms with Gasteiger partial charge in [0, 0.05) is 0 Å². The fourth-order valence-corrected chi connectivity index (χ4v) is 2.42. The minimum Gasteiger partial charge on any atom is -0.0683 e. The van der Waals surface area contributed by atoms with Crippen molar-refractivity contribution in [3.8, 4) is 0 Å². The van der Waals surface area contributed by atoms with Gasteiger partial charge in [-0.3, -0.25) is 0 Å². The third-order valence-corrected chi connectivity index (χ3v) is 4.54. The third-order valence-electron chi connectivity index (χ3n) is 4.54. The van der Waals surface area contributed by atoms with Crippen LogP contribution in [0.2, 0.25) is 0 Å². The number of hydrogen-bond donors (Lipinski definition) is 0. The van der Waals surface area contributed by atoms with Gasteiger partial charge in [0.25, 0.3) is 0 Å². The first-order valence-corrected chi connectivity index (χ1v) is 10.3. The summed E-state index contributed by atoms with van der Waals surface area (Å²) >= 11 is 0. The zero-order valence-electron chi connectivity index (χ0n) is 19.8. The average Bonchev–Trinajstić information content (AvgIpc) is 2.67. The molecule has 3 aromatic rings. The van der Waals surface area contributed by atoms with Crippen LogP contribution in [-0.4, -0.2) is 0 Å². The van der Waals surface area contributed by atoms with Crippen molar-refractivity contribution in [2.45, 2.75) is 69.2 Å². The van der Waals surface area contributed by atoms with E-state index in [1.54, 1.807) is 0 Å². The summed E-state index contributed by atoms with van der Waals surface area (Å²) in [5, 5.41) is 0. The summed E-state index contributed by atoms with van der Waals surface area (Å²) in [5.74, 6) is 0. The van der Waals surface area contributed by atoms with Crippen LogP contribution in [0.25, 0.3) is 0 Å². The van der Waals surface area contributed by atoms with Crippen molar-refractivity contribution < 1.29 is 0 Å². The molecular formula is C28H40. The molecule has 0 nitrogen and oxygen atoms in total. The predicted molar refractivity (Wildman–Crippen MR) is 129 cm³/mol. The molecule has 0 aliphatic carbocycles. The Labute approximate surface area is 174 Å². The van der Waals surface area contributed by atoms with Crippen molar-refractivity contribution in [2.75, 3.05) is 0 Å². The molecule has 3 rings (SSSR count). The van der Waals surface area contributed by atoms with Crippen LogP contribution >= 0.6 is 0 Å². The van der Waals surface area contributed by atoms with Gasteiger partial charge in [-0.25, -0.2) is 0 Å². The van der Waals surface area contributed by atoms with Crippen LogP contribution in [0.4, 0.5) is 0 Å². The Kier molecular flexibility index (Phi) is 12.6. The van der Waals surface area contributed by atoms with E-state index in [2.05, 4.69) is 116 Å². The highest BCUT2D eigenvalue weighted by Crippen LogP contribution is 2.08. The van der Waals surface area contributed by atoms with E-state index in [1.165, 1.54) is 44.5 Å². The van der Waals surface area contributed by atoms with Crippen LogP contribution in [0.1, 0.15) is 58.4 Å². The summed E-state index contributed by atoms with van der Waals surface area (Å²) in [7, 11) is 0. The maximum absolute atomic E-state index is 2.20. The van der Waals surface area contributed by atoms with Crippen LogP contribution in [0.5, 0.6) is 0 Å². The number of benzene rings is 3. The molecule has 0 heteroatoms. The van der Waals surface area contributed by atoms with Crippen molar-refractivity contribution in [2.24, 2.45) is 0 Å². The summed E-state index contributed by atoms with van der Waals surface area (Å²) in [6.45, 7) is 21.0. The van der Waals surface area contributed by atoms with E-state index in [-0.39, 0.29) is 0 Å². The number of hydrogen-bond acceptors (Lipinski definition) is 0. The summed E-state index contributed by atoms with van der Waals surface area (Å²) in [6.07, 6.45) is 0. The van der Waals surface area contributed by atoms with Crippen LogP contribution in [-0.2, 0) is 0 Å². The molecule has 0 heterocycles. The van der Waals surface area contributed by atoms with E-state index in [9.17, 15) is 0 Å². The van der Waals surface area contributed by atoms with Gasteiger partial charge < -0.3 is 0 Å². The van der Waals surface area contributed by atoms with Gasteiger partial charge in [0.2, 0.25) is 0 Å². The van der Waals surface area contributed by atoms with Crippen molar-refractivity contribution in [1.82, 2.24) is 0 Å². The van der Waals surface area contributed by atoms with Gasteiger partial charge in [-0.05, 0) is 77.6 Å². The van der Waals surface area contributed by atoms with Crippen LogP contribution < -0.4 is 0 Å². The molecule has 0 amide bonds. The molecule has 152 valence electrons. The molecule has 0 fully saturated rings. The molecule has 0 aliphatic heterocycles. The highest BCUT2D eigenvalue weighted by atomic mass is 14.0. The SMILES string of the molecule is CC.Cc1ccc(C)c(C)c1.Cc1ccc(C)c(C)c1.Cc1ccc(C)cc1. The van der Waals surface area contributed by atoms with Gasteiger partial charge in [-0.1, -0.05) is 96.8 Å². The zero-order chi connectivity index (χ0) is 21.7. The summed E-state index contributed by atoms with van der Waals surface area (Å²) in [5.41, 5.74) is 10.9. The van der Waals surface area contributed by atoms with E-state index in [0.29, 0.717) is 0 Å². The highest BCUT2D eigenvalue weighted by molar-refractivity contribution is 5.29. The monoisotopic (exact) mass is 376 g/mol. The third kappa shape index (κ3) is 10.7. The molecule has 0 saturated carbocycles. The number of aryl methyl sites for hydroxylation is 8. The number of rotatable bonds is 0. The Balaban J connectivity index is 0.000000374. The minimum absolute atomic E-state index is 1.33. The van der Waals surface area contributed by atoms with E-state index in [0.717, 1.165) is 0 Å². The van der Waals surface area contributed by atoms with Crippen LogP contribution in [0, 0.1) is 55.4 Å². The predicted octanol–water partition coefficient (Wildman–Crippen LogP) is 8.55. The molecule has 0 radical (unpaired) electrons. The van der Waals surface area contributed by atoms with Gasteiger partial charge >= 0.3 is 0 Å². The lowest BCUT2D eigenvalue weighted by Crippen LogP contribution is -1.79. The first kappa shape index (κ1) is 25.7. The molecule has 0 unspecified atom stereocenters. The maximum atomic E-state index is 2.20. The van der Waals surface area contributed by atoms with Gasteiger partial charge in [0.1, 0.15) is 0 Å². The lowest BCUT2D eigenvalue weighted by Gasteiger charge is -1.98. The first-order chi connectivity index (χ1) is 13.2. The highest BCUT2D eigenvalue weighted by Gasteiger charge is 1.89. The van der Waals surface area contributed by atoms with Crippen molar-refractivity contribution >= 4 is 0 Å². The smallest absolute Gasteiger partial charge is 0.0395 e. The Morgan fingerprint density at radius 3 is 0.786 bits per heavy atom. The standard InChI is InChI=1S/2C9H12.C8H10.C2H6/c2*1-7-4-5-8(2)9(3)6-7;1-7-3-5-8(2)6-4-7;1-2/h2*4-6H,1-3H3;3-6H,1-2H3;1-2H3. The van der Waals surface area contributed by atoms with Gasteiger partial charge in [0.05, 0.1) is 0 Å². The van der Waals surface area contributed by atoms with Gasteiger partial charge in [-0.2, -0.15) is 0 Å². The van der Waals surface area contributed by atoms with Gasteiger partial charge in [0.15, 0.2) is 0 Å². The van der Waals surface area contributed by atoms with E-state index in [4.69, 9.17) is 0 Å². The van der Waals surface area contributed by atoms with E-state index < -0.39 is 0 Å². The summed E-state index contributed by atoms with van der Waals surface area (Å²) in [4.78, 5) is 0. The van der Waals surface area contributed by atoms with Crippen LogP contribution in [0.15, 0.2) is 60.7 Å². The Bertz CT molecular complexity index is 737. The summed E-state index contributed by atoms with van der Waals surface area (Å²) in [6, 6.07) is 21.5. The fourth-order valence-electron chi connectivity index (χ4n) is 2.42. The van der Waals surface area contributed by atoms with E-state index >= 15 is 0 Å². The van der Waals surface area contributed by atoms with Crippen molar-refractivity contribution in [1.29, 1.82) is 0 Å². The largest absolute Gasteiger partial charge is 0.0683 e. The molecule has 3 aromatic carbocycles. The molecule has 0 N–H and O–H groups in total. The van der Waals surface area contributed by atoms with Crippen molar-refractivity contribution in [3.63, 3.8) is 0 Å². The molecule has 0 aromatic heterocycles. The topological polar surface area (TPSA) is 0 Å². The summed E-state index contributed by atoms with van der Waals surface area (Å²) < 4.78 is 0. The van der Waals surface area contributed by atoms with Gasteiger partial charge in [-0.15, -0.1) is 0 Å². The lowest BCUT2D eigenvalue weighted by atomic mass is 10.1. The Hall–Kier alpha value is -2.34. The normalized spacial score (nSPS) is 9.07. The molecule has 0 saturated heterocycles. The van der Waals surface area contributed by atoms with Crippen molar-refractivity contribution in [3.05, 3.63) is 105 Å². The molecule has 0 spiro atoms. The first-order valence-electron chi connectivity index (χ1n) is 10.3. The van der Waals surface area contributed by atoms with Crippen LogP contribution in [0.3, 0.4) is 0 Å². The van der Waals surface area contributed by atoms with E-state index in [1.807, 2.05) is 13.8 Å². The second-order valence-corrected chi connectivity index (χ2v) is 7.33.